The number of ether oxygens (including phenoxy) is 2. The summed E-state index contributed by atoms with van der Waals surface area (Å²) < 4.78 is 10.8. The van der Waals surface area contributed by atoms with E-state index >= 15 is 0 Å². The molecule has 2 aromatic rings. The van der Waals surface area contributed by atoms with E-state index in [1.807, 2.05) is 67.6 Å². The lowest BCUT2D eigenvalue weighted by atomic mass is 9.89. The molecule has 43 heavy (non-hydrogen) atoms. The molecule has 3 rings (SSSR count). The normalized spacial score (nSPS) is 19.3. The molecule has 0 aromatic heterocycles. The Bertz CT molecular complexity index is 1130. The van der Waals surface area contributed by atoms with Gasteiger partial charge in [-0.3, -0.25) is 4.79 Å². The number of carbonyl (C=O) groups is 3. The van der Waals surface area contributed by atoms with E-state index in [1.54, 1.807) is 6.92 Å². The first-order chi connectivity index (χ1) is 20.7. The first kappa shape index (κ1) is 34.1. The van der Waals surface area contributed by atoms with Gasteiger partial charge in [-0.25, -0.2) is 14.5 Å². The molecule has 1 heterocycles. The van der Waals surface area contributed by atoms with E-state index in [2.05, 4.69) is 19.2 Å². The number of carbonyl (C=O) groups excluding carboxylic acids is 3. The van der Waals surface area contributed by atoms with E-state index < -0.39 is 30.3 Å². The quantitative estimate of drug-likeness (QED) is 0.185. The number of cyclic esters (lactones) is 1. The second kappa shape index (κ2) is 17.7. The molecule has 1 fully saturated rings. The third-order valence-corrected chi connectivity index (χ3v) is 8.72. The van der Waals surface area contributed by atoms with Crippen LogP contribution in [-0.4, -0.2) is 46.8 Å². The fourth-order valence-corrected chi connectivity index (χ4v) is 5.74. The van der Waals surface area contributed by atoms with Crippen molar-refractivity contribution in [1.82, 2.24) is 10.2 Å². The summed E-state index contributed by atoms with van der Waals surface area (Å²) in [6.07, 6.45) is 5.35. The molecule has 0 spiro atoms. The maximum Gasteiger partial charge on any atom is 0.417 e. The monoisotopic (exact) mass is 594 g/mol. The lowest BCUT2D eigenvalue weighted by Crippen LogP contribution is -2.44. The molecule has 1 saturated heterocycles. The molecule has 0 unspecified atom stereocenters. The van der Waals surface area contributed by atoms with Crippen LogP contribution in [0.25, 0.3) is 0 Å². The number of hydrogen-bond donors (Lipinski definition) is 2. The van der Waals surface area contributed by atoms with Crippen molar-refractivity contribution in [1.29, 1.82) is 0 Å². The minimum atomic E-state index is -0.819. The zero-order valence-electron chi connectivity index (χ0n) is 26.2. The summed E-state index contributed by atoms with van der Waals surface area (Å²) in [4.78, 5) is 38.9. The van der Waals surface area contributed by atoms with Crippen molar-refractivity contribution < 1.29 is 29.0 Å². The number of aliphatic hydroxyl groups excluding tert-OH is 1. The fourth-order valence-electron chi connectivity index (χ4n) is 5.74. The Morgan fingerprint density at radius 3 is 2.28 bits per heavy atom. The molecule has 0 aliphatic carbocycles. The van der Waals surface area contributed by atoms with E-state index in [-0.39, 0.29) is 18.6 Å². The van der Waals surface area contributed by atoms with Crippen molar-refractivity contribution in [3.8, 4) is 0 Å². The van der Waals surface area contributed by atoms with Crippen molar-refractivity contribution >= 4 is 18.1 Å². The lowest BCUT2D eigenvalue weighted by Gasteiger charge is -2.25. The molecule has 1 aliphatic rings. The summed E-state index contributed by atoms with van der Waals surface area (Å²) in [5, 5.41) is 13.7. The Kier molecular flexibility index (Phi) is 14.0. The van der Waals surface area contributed by atoms with Crippen molar-refractivity contribution in [3.05, 3.63) is 71.8 Å². The highest BCUT2D eigenvalue weighted by Gasteiger charge is 2.45. The maximum atomic E-state index is 13.2. The van der Waals surface area contributed by atoms with Crippen LogP contribution < -0.4 is 5.32 Å². The maximum absolute atomic E-state index is 13.2. The average molecular weight is 595 g/mol. The van der Waals surface area contributed by atoms with Crippen LogP contribution in [0, 0.1) is 17.8 Å². The Morgan fingerprint density at radius 2 is 1.60 bits per heavy atom. The zero-order valence-corrected chi connectivity index (χ0v) is 26.2. The van der Waals surface area contributed by atoms with Gasteiger partial charge < -0.3 is 19.9 Å². The minimum absolute atomic E-state index is 0.274. The lowest BCUT2D eigenvalue weighted by molar-refractivity contribution is -0.136. The molecule has 0 bridgehead atoms. The van der Waals surface area contributed by atoms with Crippen LogP contribution in [0.4, 0.5) is 9.59 Å². The third kappa shape index (κ3) is 10.7. The van der Waals surface area contributed by atoms with Crippen LogP contribution in [0.5, 0.6) is 0 Å². The Hall–Kier alpha value is -3.39. The second-order valence-corrected chi connectivity index (χ2v) is 12.0. The number of nitrogens with zero attached hydrogens (tertiary/aromatic N) is 1. The van der Waals surface area contributed by atoms with Gasteiger partial charge in [0.05, 0.1) is 18.1 Å². The van der Waals surface area contributed by atoms with Crippen LogP contribution >= 0.6 is 0 Å². The molecule has 0 saturated carbocycles. The summed E-state index contributed by atoms with van der Waals surface area (Å²) in [7, 11) is 0. The largest absolute Gasteiger partial charge is 0.445 e. The van der Waals surface area contributed by atoms with Crippen molar-refractivity contribution in [2.75, 3.05) is 6.54 Å². The van der Waals surface area contributed by atoms with Crippen molar-refractivity contribution in [2.45, 2.75) is 104 Å². The van der Waals surface area contributed by atoms with Crippen LogP contribution in [0.3, 0.4) is 0 Å². The standard InChI is InChI=1S/C35H50N2O6/c1-5-28(18-13-23-36-34(40)42-24-29-15-8-6-9-16-29)17-12-14-25(2)21-22-31(38)26(3)33(39)37-27(4)32(43-35(37)41)30-19-10-7-11-20-30/h6-11,15-16,19-20,25-28,31-32,38H,5,12-14,17-18,21-24H2,1-4H3,(H,36,40)/t25-,26-,27-,28+,31+,32-/m1/s1. The van der Waals surface area contributed by atoms with E-state index in [4.69, 9.17) is 9.47 Å². The first-order valence-corrected chi connectivity index (χ1v) is 15.9. The molecular weight excluding hydrogens is 544 g/mol. The second-order valence-electron chi connectivity index (χ2n) is 12.0. The van der Waals surface area contributed by atoms with Gasteiger partial charge >= 0.3 is 12.2 Å². The summed E-state index contributed by atoms with van der Waals surface area (Å²) in [6, 6.07) is 18.6. The molecule has 3 amide bonds. The number of aliphatic hydroxyl groups is 1. The van der Waals surface area contributed by atoms with Gasteiger partial charge in [-0.1, -0.05) is 107 Å². The molecular formula is C35H50N2O6. The number of benzene rings is 2. The minimum Gasteiger partial charge on any atom is -0.445 e. The van der Waals surface area contributed by atoms with E-state index in [1.165, 1.54) is 4.90 Å². The van der Waals surface area contributed by atoms with E-state index in [9.17, 15) is 19.5 Å². The molecule has 6 atom stereocenters. The highest BCUT2D eigenvalue weighted by Crippen LogP contribution is 2.34. The summed E-state index contributed by atoms with van der Waals surface area (Å²) in [6.45, 7) is 8.78. The topological polar surface area (TPSA) is 105 Å². The number of hydrogen-bond acceptors (Lipinski definition) is 6. The Morgan fingerprint density at radius 1 is 0.953 bits per heavy atom. The number of imide groups is 1. The number of amides is 3. The Balaban J connectivity index is 1.29. The molecule has 8 nitrogen and oxygen atoms in total. The van der Waals surface area contributed by atoms with E-state index in [0.29, 0.717) is 24.8 Å². The highest BCUT2D eigenvalue weighted by molar-refractivity contribution is 5.95. The third-order valence-electron chi connectivity index (χ3n) is 8.72. The summed E-state index contributed by atoms with van der Waals surface area (Å²) >= 11 is 0. The van der Waals surface area contributed by atoms with Gasteiger partial charge in [-0.05, 0) is 55.6 Å². The predicted octanol–water partition coefficient (Wildman–Crippen LogP) is 7.41. The number of alkyl carbamates (subject to hydrolysis) is 1. The zero-order chi connectivity index (χ0) is 31.2. The fraction of sp³-hybridized carbons (Fsp3) is 0.571. The molecule has 236 valence electrons. The van der Waals surface area contributed by atoms with Gasteiger partial charge in [0.25, 0.3) is 0 Å². The predicted molar refractivity (Wildman–Crippen MR) is 167 cm³/mol. The van der Waals surface area contributed by atoms with Gasteiger partial charge in [0.2, 0.25) is 5.91 Å². The summed E-state index contributed by atoms with van der Waals surface area (Å²) in [5.74, 6) is -0.0422. The van der Waals surface area contributed by atoms with Crippen LogP contribution in [0.15, 0.2) is 60.7 Å². The highest BCUT2D eigenvalue weighted by atomic mass is 16.6. The number of nitrogens with one attached hydrogen (secondary N) is 1. The first-order valence-electron chi connectivity index (χ1n) is 15.9. The molecule has 8 heteroatoms. The Labute approximate surface area is 257 Å². The molecule has 2 N–H and O–H groups in total. The van der Waals surface area contributed by atoms with Crippen LogP contribution in [-0.2, 0) is 20.9 Å². The van der Waals surface area contributed by atoms with Gasteiger partial charge in [0.15, 0.2) is 0 Å². The molecule has 2 aromatic carbocycles. The SMILES string of the molecule is CC[C@H](CCCNC(=O)OCc1ccccc1)CCC[C@@H](C)CC[C@H](O)[C@@H](C)C(=O)N1C(=O)O[C@@H](c2ccccc2)[C@H]1C. The van der Waals surface area contributed by atoms with Crippen LogP contribution in [0.1, 0.15) is 96.3 Å². The average Bonchev–Trinajstić information content (AvgIpc) is 3.33. The molecule has 0 radical (unpaired) electrons. The number of rotatable bonds is 17. The van der Waals surface area contributed by atoms with Gasteiger partial charge in [0, 0.05) is 6.54 Å². The van der Waals surface area contributed by atoms with E-state index in [0.717, 1.165) is 56.1 Å². The van der Waals surface area contributed by atoms with Gasteiger partial charge in [-0.15, -0.1) is 0 Å². The summed E-state index contributed by atoms with van der Waals surface area (Å²) in [5.41, 5.74) is 1.82. The van der Waals surface area contributed by atoms with Gasteiger partial charge in [-0.2, -0.15) is 0 Å². The van der Waals surface area contributed by atoms with Crippen LogP contribution in [0.2, 0.25) is 0 Å². The molecule has 1 aliphatic heterocycles. The smallest absolute Gasteiger partial charge is 0.417 e. The van der Waals surface area contributed by atoms with Crippen molar-refractivity contribution in [2.24, 2.45) is 17.8 Å². The van der Waals surface area contributed by atoms with Crippen molar-refractivity contribution in [3.63, 3.8) is 0 Å². The van der Waals surface area contributed by atoms with Gasteiger partial charge in [0.1, 0.15) is 12.7 Å².